The van der Waals surface area contributed by atoms with Gasteiger partial charge in [0.05, 0.1) is 6.04 Å². The Morgan fingerprint density at radius 3 is 3.00 bits per heavy atom. The van der Waals surface area contributed by atoms with Crippen LogP contribution in [0.2, 0.25) is 5.02 Å². The average molecular weight is 352 g/mol. The molecule has 0 saturated carbocycles. The SMILES string of the molecule is O=C(O)NCCC1CNC(=O)c2cc(-c3cc(Cl)ccc3F)cn21. The van der Waals surface area contributed by atoms with Gasteiger partial charge in [-0.1, -0.05) is 11.6 Å². The Morgan fingerprint density at radius 1 is 1.46 bits per heavy atom. The maximum Gasteiger partial charge on any atom is 0.404 e. The molecule has 0 aliphatic carbocycles. The highest BCUT2D eigenvalue weighted by Crippen LogP contribution is 2.31. The molecule has 2 aromatic rings. The highest BCUT2D eigenvalue weighted by atomic mass is 35.5. The van der Waals surface area contributed by atoms with Gasteiger partial charge in [0.25, 0.3) is 5.91 Å². The Labute approximate surface area is 142 Å². The summed E-state index contributed by atoms with van der Waals surface area (Å²) < 4.78 is 15.8. The van der Waals surface area contributed by atoms with Crippen molar-refractivity contribution in [3.8, 4) is 11.1 Å². The molecule has 0 radical (unpaired) electrons. The molecule has 8 heteroatoms. The number of nitrogens with zero attached hydrogens (tertiary/aromatic N) is 1. The molecule has 0 bridgehead atoms. The van der Waals surface area contributed by atoms with Crippen molar-refractivity contribution < 1.29 is 19.1 Å². The molecule has 24 heavy (non-hydrogen) atoms. The van der Waals surface area contributed by atoms with E-state index in [4.69, 9.17) is 16.7 Å². The van der Waals surface area contributed by atoms with Crippen molar-refractivity contribution in [2.75, 3.05) is 13.1 Å². The summed E-state index contributed by atoms with van der Waals surface area (Å²) in [7, 11) is 0. The molecule has 1 atom stereocenters. The average Bonchev–Trinajstić information content (AvgIpc) is 2.98. The van der Waals surface area contributed by atoms with Crippen LogP contribution in [0.4, 0.5) is 9.18 Å². The molecule has 1 aromatic heterocycles. The second-order valence-corrected chi connectivity index (χ2v) is 5.97. The maximum absolute atomic E-state index is 14.1. The first-order valence-corrected chi connectivity index (χ1v) is 7.76. The Morgan fingerprint density at radius 2 is 2.25 bits per heavy atom. The quantitative estimate of drug-likeness (QED) is 0.792. The van der Waals surface area contributed by atoms with Crippen LogP contribution in [0.25, 0.3) is 11.1 Å². The predicted molar refractivity (Wildman–Crippen MR) is 86.9 cm³/mol. The standard InChI is InChI=1S/C16H15ClFN3O3/c17-10-1-2-13(18)12(6-10)9-5-14-15(22)20-7-11(21(14)8-9)3-4-19-16(23)24/h1-2,5-6,8,11,19H,3-4,7H2,(H,20,22)(H,23,24). The van der Waals surface area contributed by atoms with Gasteiger partial charge >= 0.3 is 6.09 Å². The first-order chi connectivity index (χ1) is 11.5. The van der Waals surface area contributed by atoms with Crippen molar-refractivity contribution in [3.05, 3.63) is 47.0 Å². The number of rotatable bonds is 4. The van der Waals surface area contributed by atoms with Crippen LogP contribution >= 0.6 is 11.6 Å². The van der Waals surface area contributed by atoms with Crippen molar-refractivity contribution in [1.82, 2.24) is 15.2 Å². The highest BCUT2D eigenvalue weighted by molar-refractivity contribution is 6.30. The number of hydrogen-bond donors (Lipinski definition) is 3. The molecule has 3 N–H and O–H groups in total. The van der Waals surface area contributed by atoms with Crippen molar-refractivity contribution >= 4 is 23.6 Å². The molecule has 0 fully saturated rings. The van der Waals surface area contributed by atoms with Gasteiger partial charge in [0.1, 0.15) is 11.5 Å². The van der Waals surface area contributed by atoms with Crippen LogP contribution in [0.5, 0.6) is 0 Å². The molecule has 2 amide bonds. The third-order valence-corrected chi connectivity index (χ3v) is 4.20. The maximum atomic E-state index is 14.1. The van der Waals surface area contributed by atoms with Crippen LogP contribution in [0.1, 0.15) is 23.0 Å². The van der Waals surface area contributed by atoms with Gasteiger partial charge in [-0.3, -0.25) is 4.79 Å². The molecule has 1 aliphatic heterocycles. The summed E-state index contributed by atoms with van der Waals surface area (Å²) in [4.78, 5) is 22.6. The molecule has 6 nitrogen and oxygen atoms in total. The smallest absolute Gasteiger partial charge is 0.404 e. The van der Waals surface area contributed by atoms with Gasteiger partial charge in [0, 0.05) is 35.4 Å². The monoisotopic (exact) mass is 351 g/mol. The first-order valence-electron chi connectivity index (χ1n) is 7.38. The van der Waals surface area contributed by atoms with E-state index in [1.54, 1.807) is 16.8 Å². The number of carbonyl (C=O) groups excluding carboxylic acids is 1. The topological polar surface area (TPSA) is 83.4 Å². The molecule has 1 aromatic carbocycles. The van der Waals surface area contributed by atoms with E-state index in [2.05, 4.69) is 10.6 Å². The molecule has 0 spiro atoms. The van der Waals surface area contributed by atoms with E-state index >= 15 is 0 Å². The number of hydrogen-bond acceptors (Lipinski definition) is 2. The fourth-order valence-corrected chi connectivity index (χ4v) is 2.99. The Kier molecular flexibility index (Phi) is 4.44. The molecular formula is C16H15ClFN3O3. The second-order valence-electron chi connectivity index (χ2n) is 5.53. The summed E-state index contributed by atoms with van der Waals surface area (Å²) in [6.07, 6.45) is 1.12. The number of aromatic nitrogens is 1. The van der Waals surface area contributed by atoms with Crippen LogP contribution in [-0.4, -0.2) is 34.8 Å². The number of carboxylic acid groups (broad SMARTS) is 1. The first kappa shape index (κ1) is 16.3. The number of halogens is 2. The predicted octanol–water partition coefficient (Wildman–Crippen LogP) is 2.89. The van der Waals surface area contributed by atoms with Gasteiger partial charge in [-0.25, -0.2) is 9.18 Å². The fraction of sp³-hybridized carbons (Fsp3) is 0.250. The van der Waals surface area contributed by atoms with Crippen LogP contribution < -0.4 is 10.6 Å². The second kappa shape index (κ2) is 6.52. The van der Waals surface area contributed by atoms with Crippen LogP contribution in [-0.2, 0) is 0 Å². The summed E-state index contributed by atoms with van der Waals surface area (Å²) >= 11 is 5.93. The number of carbonyl (C=O) groups is 2. The minimum Gasteiger partial charge on any atom is -0.465 e. The van der Waals surface area contributed by atoms with Gasteiger partial charge in [-0.05, 0) is 30.7 Å². The number of amides is 2. The number of benzene rings is 1. The largest absolute Gasteiger partial charge is 0.465 e. The third kappa shape index (κ3) is 3.21. The summed E-state index contributed by atoms with van der Waals surface area (Å²) in [6, 6.07) is 5.75. The van der Waals surface area contributed by atoms with Gasteiger partial charge < -0.3 is 20.3 Å². The van der Waals surface area contributed by atoms with Gasteiger partial charge in [-0.2, -0.15) is 0 Å². The van der Waals surface area contributed by atoms with E-state index in [0.717, 1.165) is 0 Å². The van der Waals surface area contributed by atoms with E-state index in [1.807, 2.05) is 0 Å². The van der Waals surface area contributed by atoms with Gasteiger partial charge in [-0.15, -0.1) is 0 Å². The highest BCUT2D eigenvalue weighted by Gasteiger charge is 2.26. The van der Waals surface area contributed by atoms with Gasteiger partial charge in [0.2, 0.25) is 0 Å². The molecule has 3 rings (SSSR count). The minimum absolute atomic E-state index is 0.111. The fourth-order valence-electron chi connectivity index (χ4n) is 2.82. The van der Waals surface area contributed by atoms with E-state index in [1.165, 1.54) is 18.2 Å². The van der Waals surface area contributed by atoms with Crippen molar-refractivity contribution in [2.45, 2.75) is 12.5 Å². The van der Waals surface area contributed by atoms with Gasteiger partial charge in [0.15, 0.2) is 0 Å². The molecule has 0 saturated heterocycles. The number of nitrogens with one attached hydrogen (secondary N) is 2. The van der Waals surface area contributed by atoms with Crippen molar-refractivity contribution in [2.24, 2.45) is 0 Å². The van der Waals surface area contributed by atoms with E-state index in [9.17, 15) is 14.0 Å². The molecule has 126 valence electrons. The Bertz CT molecular complexity index is 806. The minimum atomic E-state index is -1.09. The number of fused-ring (bicyclic) bond motifs is 1. The van der Waals surface area contributed by atoms with Crippen LogP contribution in [0.3, 0.4) is 0 Å². The summed E-state index contributed by atoms with van der Waals surface area (Å²) in [6.45, 7) is 0.646. The Balaban J connectivity index is 1.92. The zero-order chi connectivity index (χ0) is 17.3. The van der Waals surface area contributed by atoms with Crippen molar-refractivity contribution in [3.63, 3.8) is 0 Å². The molecular weight excluding hydrogens is 337 g/mol. The summed E-state index contributed by atoms with van der Waals surface area (Å²) in [5.74, 6) is -0.669. The lowest BCUT2D eigenvalue weighted by Crippen LogP contribution is -2.39. The van der Waals surface area contributed by atoms with Crippen molar-refractivity contribution in [1.29, 1.82) is 0 Å². The Hall–Kier alpha value is -2.54. The van der Waals surface area contributed by atoms with Crippen LogP contribution in [0.15, 0.2) is 30.5 Å². The normalized spacial score (nSPS) is 16.4. The van der Waals surface area contributed by atoms with E-state index in [-0.39, 0.29) is 18.5 Å². The van der Waals surface area contributed by atoms with E-state index < -0.39 is 11.9 Å². The lowest BCUT2D eigenvalue weighted by molar-refractivity contribution is 0.0912. The third-order valence-electron chi connectivity index (χ3n) is 3.97. The summed E-state index contributed by atoms with van der Waals surface area (Å²) in [5, 5.41) is 14.1. The molecule has 1 aliphatic rings. The molecule has 2 heterocycles. The molecule has 1 unspecified atom stereocenters. The summed E-state index contributed by atoms with van der Waals surface area (Å²) in [5.41, 5.74) is 1.29. The van der Waals surface area contributed by atoms with Crippen LogP contribution in [0, 0.1) is 5.82 Å². The van der Waals surface area contributed by atoms with E-state index in [0.29, 0.717) is 34.8 Å². The lowest BCUT2D eigenvalue weighted by atomic mass is 10.1. The zero-order valence-electron chi connectivity index (χ0n) is 12.6. The zero-order valence-corrected chi connectivity index (χ0v) is 13.3. The lowest BCUT2D eigenvalue weighted by Gasteiger charge is -2.26.